The molecule has 1 aromatic carbocycles. The summed E-state index contributed by atoms with van der Waals surface area (Å²) in [4.78, 5) is 21.6. The molecule has 0 atom stereocenters. The zero-order chi connectivity index (χ0) is 19.3. The number of carbonyl (C=O) groups excluding carboxylic acids is 1. The summed E-state index contributed by atoms with van der Waals surface area (Å²) in [5, 5.41) is 6.99. The third-order valence-electron chi connectivity index (χ3n) is 5.85. The van der Waals surface area contributed by atoms with Gasteiger partial charge < -0.3 is 19.6 Å². The van der Waals surface area contributed by atoms with E-state index in [1.54, 1.807) is 0 Å². The summed E-state index contributed by atoms with van der Waals surface area (Å²) in [5.74, 6) is 1.55. The van der Waals surface area contributed by atoms with Gasteiger partial charge in [-0.05, 0) is 44.2 Å². The molecule has 2 aromatic rings. The minimum absolute atomic E-state index is 0.123. The molecular formula is C21H29N5O2. The van der Waals surface area contributed by atoms with Crippen LogP contribution < -0.4 is 10.2 Å². The maximum atomic E-state index is 12.4. The number of hydrogen-bond donors (Lipinski definition) is 1. The highest BCUT2D eigenvalue weighted by Gasteiger charge is 2.21. The van der Waals surface area contributed by atoms with Gasteiger partial charge in [-0.1, -0.05) is 24.4 Å². The Morgan fingerprint density at radius 1 is 1.11 bits per heavy atom. The molecule has 1 saturated carbocycles. The van der Waals surface area contributed by atoms with Crippen LogP contribution in [-0.2, 0) is 6.54 Å². The van der Waals surface area contributed by atoms with Gasteiger partial charge in [-0.3, -0.25) is 4.79 Å². The maximum absolute atomic E-state index is 12.4. The summed E-state index contributed by atoms with van der Waals surface area (Å²) < 4.78 is 5.32. The van der Waals surface area contributed by atoms with Crippen molar-refractivity contribution in [1.82, 2.24) is 20.4 Å². The van der Waals surface area contributed by atoms with E-state index >= 15 is 0 Å². The second kappa shape index (κ2) is 8.73. The second-order valence-corrected chi connectivity index (χ2v) is 7.90. The van der Waals surface area contributed by atoms with Crippen molar-refractivity contribution in [1.29, 1.82) is 0 Å². The summed E-state index contributed by atoms with van der Waals surface area (Å²) in [7, 11) is 2.15. The molecule has 2 aliphatic rings. The summed E-state index contributed by atoms with van der Waals surface area (Å²) in [5.41, 5.74) is 1.81. The molecule has 7 nitrogen and oxygen atoms in total. The van der Waals surface area contributed by atoms with Gasteiger partial charge in [0.1, 0.15) is 0 Å². The Balaban J connectivity index is 1.29. The Bertz CT molecular complexity index is 774. The van der Waals surface area contributed by atoms with Crippen LogP contribution in [-0.4, -0.2) is 54.2 Å². The highest BCUT2D eigenvalue weighted by atomic mass is 16.5. The molecule has 28 heavy (non-hydrogen) atoms. The molecule has 7 heteroatoms. The maximum Gasteiger partial charge on any atom is 0.251 e. The summed E-state index contributed by atoms with van der Waals surface area (Å²) in [6.45, 7) is 4.42. The first-order valence-corrected chi connectivity index (χ1v) is 10.3. The van der Waals surface area contributed by atoms with Crippen molar-refractivity contribution in [2.24, 2.45) is 0 Å². The SMILES string of the molecule is CN1CCN(c2ccc(C(=O)NCc3nc(C4CCCCC4)no3)cc2)CC1. The van der Waals surface area contributed by atoms with E-state index < -0.39 is 0 Å². The lowest BCUT2D eigenvalue weighted by atomic mass is 9.89. The van der Waals surface area contributed by atoms with E-state index in [1.165, 1.54) is 24.9 Å². The Labute approximate surface area is 166 Å². The van der Waals surface area contributed by atoms with Gasteiger partial charge >= 0.3 is 0 Å². The normalized spacial score (nSPS) is 19.0. The van der Waals surface area contributed by atoms with Gasteiger partial charge in [-0.15, -0.1) is 0 Å². The monoisotopic (exact) mass is 383 g/mol. The van der Waals surface area contributed by atoms with E-state index in [0.29, 0.717) is 17.4 Å². The van der Waals surface area contributed by atoms with E-state index in [0.717, 1.165) is 44.8 Å². The predicted molar refractivity (Wildman–Crippen MR) is 107 cm³/mol. The molecule has 1 amide bonds. The summed E-state index contributed by atoms with van der Waals surface area (Å²) in [6.07, 6.45) is 6.02. The largest absolute Gasteiger partial charge is 0.369 e. The van der Waals surface area contributed by atoms with Gasteiger partial charge in [0.15, 0.2) is 5.82 Å². The third kappa shape index (κ3) is 4.52. The van der Waals surface area contributed by atoms with Crippen LogP contribution in [0.5, 0.6) is 0 Å². The minimum atomic E-state index is -0.123. The standard InChI is InChI=1S/C21H29N5O2/c1-25-11-13-26(14-12-25)18-9-7-17(8-10-18)21(27)22-15-19-23-20(24-28-19)16-5-3-2-4-6-16/h7-10,16H,2-6,11-15H2,1H3,(H,22,27). The molecular weight excluding hydrogens is 354 g/mol. The average molecular weight is 383 g/mol. The molecule has 2 fully saturated rings. The molecule has 0 radical (unpaired) electrons. The fourth-order valence-corrected chi connectivity index (χ4v) is 4.01. The Morgan fingerprint density at radius 3 is 2.54 bits per heavy atom. The van der Waals surface area contributed by atoms with Crippen LogP contribution in [0.1, 0.15) is 60.1 Å². The third-order valence-corrected chi connectivity index (χ3v) is 5.85. The number of rotatable bonds is 5. The van der Waals surface area contributed by atoms with Crippen molar-refractivity contribution < 1.29 is 9.32 Å². The molecule has 1 aromatic heterocycles. The molecule has 1 N–H and O–H groups in total. The smallest absolute Gasteiger partial charge is 0.251 e. The zero-order valence-corrected chi connectivity index (χ0v) is 16.6. The van der Waals surface area contributed by atoms with Crippen LogP contribution in [0.3, 0.4) is 0 Å². The number of likely N-dealkylation sites (N-methyl/N-ethyl adjacent to an activating group) is 1. The van der Waals surface area contributed by atoms with Crippen molar-refractivity contribution in [3.63, 3.8) is 0 Å². The number of amides is 1. The number of anilines is 1. The van der Waals surface area contributed by atoms with Crippen LogP contribution in [0.2, 0.25) is 0 Å². The van der Waals surface area contributed by atoms with Crippen molar-refractivity contribution in [2.75, 3.05) is 38.1 Å². The predicted octanol–water partition coefficient (Wildman–Crippen LogP) is 2.80. The van der Waals surface area contributed by atoms with Crippen LogP contribution in [0.15, 0.2) is 28.8 Å². The van der Waals surface area contributed by atoms with Crippen molar-refractivity contribution in [3.05, 3.63) is 41.5 Å². The number of hydrogen-bond acceptors (Lipinski definition) is 6. The first-order chi connectivity index (χ1) is 13.7. The number of aromatic nitrogens is 2. The molecule has 1 aliphatic carbocycles. The molecule has 2 heterocycles. The first-order valence-electron chi connectivity index (χ1n) is 10.3. The topological polar surface area (TPSA) is 74.5 Å². The number of benzene rings is 1. The van der Waals surface area contributed by atoms with E-state index in [1.807, 2.05) is 24.3 Å². The Morgan fingerprint density at radius 2 is 1.82 bits per heavy atom. The van der Waals surface area contributed by atoms with Gasteiger partial charge in [0.2, 0.25) is 5.89 Å². The van der Waals surface area contributed by atoms with E-state index in [-0.39, 0.29) is 12.5 Å². The van der Waals surface area contributed by atoms with E-state index in [9.17, 15) is 4.79 Å². The fraction of sp³-hybridized carbons (Fsp3) is 0.571. The Hall–Kier alpha value is -2.41. The second-order valence-electron chi connectivity index (χ2n) is 7.90. The zero-order valence-electron chi connectivity index (χ0n) is 16.6. The number of carbonyl (C=O) groups is 1. The molecule has 4 rings (SSSR count). The molecule has 0 spiro atoms. The minimum Gasteiger partial charge on any atom is -0.369 e. The highest BCUT2D eigenvalue weighted by Crippen LogP contribution is 2.30. The first kappa shape index (κ1) is 18.9. The lowest BCUT2D eigenvalue weighted by Gasteiger charge is -2.34. The average Bonchev–Trinajstić information content (AvgIpc) is 3.22. The van der Waals surface area contributed by atoms with Gasteiger partial charge in [0.25, 0.3) is 5.91 Å². The summed E-state index contributed by atoms with van der Waals surface area (Å²) in [6, 6.07) is 7.80. The van der Waals surface area contributed by atoms with Crippen LogP contribution in [0.25, 0.3) is 0 Å². The number of nitrogens with one attached hydrogen (secondary N) is 1. The van der Waals surface area contributed by atoms with Gasteiger partial charge in [-0.25, -0.2) is 0 Å². The van der Waals surface area contributed by atoms with Gasteiger partial charge in [0.05, 0.1) is 6.54 Å². The van der Waals surface area contributed by atoms with Crippen LogP contribution >= 0.6 is 0 Å². The fourth-order valence-electron chi connectivity index (χ4n) is 4.01. The quantitative estimate of drug-likeness (QED) is 0.856. The number of nitrogens with zero attached hydrogens (tertiary/aromatic N) is 4. The van der Waals surface area contributed by atoms with E-state index in [2.05, 4.69) is 32.3 Å². The number of piperazine rings is 1. The van der Waals surface area contributed by atoms with Crippen LogP contribution in [0.4, 0.5) is 5.69 Å². The van der Waals surface area contributed by atoms with Gasteiger partial charge in [0, 0.05) is 43.3 Å². The molecule has 0 bridgehead atoms. The summed E-state index contributed by atoms with van der Waals surface area (Å²) >= 11 is 0. The molecule has 150 valence electrons. The van der Waals surface area contributed by atoms with Gasteiger partial charge in [-0.2, -0.15) is 4.98 Å². The van der Waals surface area contributed by atoms with Crippen molar-refractivity contribution in [3.8, 4) is 0 Å². The molecule has 1 saturated heterocycles. The lowest BCUT2D eigenvalue weighted by molar-refractivity contribution is 0.0946. The molecule has 0 unspecified atom stereocenters. The molecule has 1 aliphatic heterocycles. The lowest BCUT2D eigenvalue weighted by Crippen LogP contribution is -2.44. The van der Waals surface area contributed by atoms with Crippen LogP contribution in [0, 0.1) is 0 Å². The highest BCUT2D eigenvalue weighted by molar-refractivity contribution is 5.94. The van der Waals surface area contributed by atoms with Crippen molar-refractivity contribution in [2.45, 2.75) is 44.6 Å². The Kier molecular flexibility index (Phi) is 5.90. The van der Waals surface area contributed by atoms with Crippen molar-refractivity contribution >= 4 is 11.6 Å². The van der Waals surface area contributed by atoms with E-state index in [4.69, 9.17) is 4.52 Å².